The van der Waals surface area contributed by atoms with Gasteiger partial charge in [0.25, 0.3) is 0 Å². The van der Waals surface area contributed by atoms with Crippen LogP contribution in [0.5, 0.6) is 0 Å². The molecule has 14 heavy (non-hydrogen) atoms. The molecule has 0 heterocycles. The molecule has 0 saturated heterocycles. The second kappa shape index (κ2) is 10.1. The molecule has 0 aliphatic heterocycles. The molecule has 1 nitrogen and oxygen atoms in total. The van der Waals surface area contributed by atoms with E-state index < -0.39 is 0 Å². The molecule has 85 valence electrons. The van der Waals surface area contributed by atoms with Crippen LogP contribution in [0.3, 0.4) is 0 Å². The maximum Gasteiger partial charge on any atom is 3.00 e. The molecule has 0 saturated carbocycles. The van der Waals surface area contributed by atoms with Gasteiger partial charge in [0.2, 0.25) is 0 Å². The van der Waals surface area contributed by atoms with Crippen LogP contribution >= 0.6 is 0 Å². The van der Waals surface area contributed by atoms with Crippen molar-refractivity contribution in [2.24, 2.45) is 0 Å². The molecule has 0 rings (SSSR count). The van der Waals surface area contributed by atoms with Gasteiger partial charge in [0.05, 0.1) is 26.2 Å². The Morgan fingerprint density at radius 2 is 0.786 bits per heavy atom. The molecule has 0 atom stereocenters. The van der Waals surface area contributed by atoms with Crippen LogP contribution in [0.1, 0.15) is 53.4 Å². The summed E-state index contributed by atoms with van der Waals surface area (Å²) in [5.41, 5.74) is 0. The van der Waals surface area contributed by atoms with E-state index in [1.54, 1.807) is 0 Å². The molecule has 0 N–H and O–H groups in total. The summed E-state index contributed by atoms with van der Waals surface area (Å²) in [4.78, 5) is 0. The molecule has 0 aliphatic rings. The SMILES string of the molecule is CCC[N+](CCC)(CCC)CCC.[Ru+3]. The van der Waals surface area contributed by atoms with Crippen LogP contribution in [0, 0.1) is 0 Å². The van der Waals surface area contributed by atoms with E-state index >= 15 is 0 Å². The van der Waals surface area contributed by atoms with E-state index in [0.717, 1.165) is 0 Å². The fourth-order valence-electron chi connectivity index (χ4n) is 2.57. The number of nitrogens with zero attached hydrogens (tertiary/aromatic N) is 1. The molecule has 0 aromatic carbocycles. The first-order valence-electron chi connectivity index (χ1n) is 6.09. The average Bonchev–Trinajstić information content (AvgIpc) is 2.06. The second-order valence-corrected chi connectivity index (χ2v) is 4.24. The molecule has 0 unspecified atom stereocenters. The summed E-state index contributed by atoms with van der Waals surface area (Å²) in [5.74, 6) is 0. The Labute approximate surface area is 104 Å². The maximum atomic E-state index is 2.31. The van der Waals surface area contributed by atoms with Crippen molar-refractivity contribution < 1.29 is 24.0 Å². The molecule has 0 fully saturated rings. The van der Waals surface area contributed by atoms with Crippen LogP contribution in [-0.4, -0.2) is 30.7 Å². The maximum absolute atomic E-state index is 2.31. The summed E-state index contributed by atoms with van der Waals surface area (Å²) in [6, 6.07) is 0. The fourth-order valence-corrected chi connectivity index (χ4v) is 2.57. The van der Waals surface area contributed by atoms with E-state index in [1.807, 2.05) is 0 Å². The topological polar surface area (TPSA) is 0 Å². The molecule has 0 aromatic rings. The Balaban J connectivity index is 0. The van der Waals surface area contributed by atoms with Crippen molar-refractivity contribution in [3.05, 3.63) is 0 Å². The van der Waals surface area contributed by atoms with Gasteiger partial charge in [0.15, 0.2) is 0 Å². The molecule has 0 aromatic heterocycles. The van der Waals surface area contributed by atoms with Crippen LogP contribution in [0.4, 0.5) is 0 Å². The molecule has 1 radical (unpaired) electrons. The third kappa shape index (κ3) is 6.14. The van der Waals surface area contributed by atoms with Crippen molar-refractivity contribution in [3.63, 3.8) is 0 Å². The minimum atomic E-state index is 0. The van der Waals surface area contributed by atoms with Crippen LogP contribution in [-0.2, 0) is 19.5 Å². The van der Waals surface area contributed by atoms with Gasteiger partial charge >= 0.3 is 19.5 Å². The van der Waals surface area contributed by atoms with Crippen molar-refractivity contribution in [3.8, 4) is 0 Å². The Morgan fingerprint density at radius 3 is 0.929 bits per heavy atom. The zero-order valence-electron chi connectivity index (χ0n) is 10.5. The molecule has 2 heteroatoms. The van der Waals surface area contributed by atoms with Gasteiger partial charge in [0, 0.05) is 0 Å². The van der Waals surface area contributed by atoms with E-state index in [1.165, 1.54) is 56.3 Å². The number of hydrogen-bond acceptors (Lipinski definition) is 0. The van der Waals surface area contributed by atoms with Crippen LogP contribution < -0.4 is 0 Å². The Hall–Kier alpha value is 0.583. The minimum absolute atomic E-state index is 0. The first-order chi connectivity index (χ1) is 6.24. The van der Waals surface area contributed by atoms with Gasteiger partial charge in [-0.1, -0.05) is 27.7 Å². The van der Waals surface area contributed by atoms with E-state index in [2.05, 4.69) is 27.7 Å². The molecule has 0 amide bonds. The Morgan fingerprint density at radius 1 is 0.571 bits per heavy atom. The van der Waals surface area contributed by atoms with Gasteiger partial charge in [-0.25, -0.2) is 0 Å². The van der Waals surface area contributed by atoms with Crippen LogP contribution in [0.15, 0.2) is 0 Å². The van der Waals surface area contributed by atoms with Gasteiger partial charge < -0.3 is 4.48 Å². The van der Waals surface area contributed by atoms with Crippen molar-refractivity contribution in [2.75, 3.05) is 26.2 Å². The zero-order valence-corrected chi connectivity index (χ0v) is 12.2. The average molecular weight is 287 g/mol. The Bertz CT molecular complexity index is 85.4. The smallest absolute Gasteiger partial charge is 0.324 e. The van der Waals surface area contributed by atoms with Crippen LogP contribution in [0.2, 0.25) is 0 Å². The quantitative estimate of drug-likeness (QED) is 0.474. The van der Waals surface area contributed by atoms with Gasteiger partial charge in [-0.05, 0) is 25.7 Å². The normalized spacial score (nSPS) is 11.1. The van der Waals surface area contributed by atoms with Gasteiger partial charge in [-0.3, -0.25) is 0 Å². The molecule has 0 aliphatic carbocycles. The third-order valence-electron chi connectivity index (χ3n) is 2.79. The van der Waals surface area contributed by atoms with E-state index in [4.69, 9.17) is 0 Å². The predicted octanol–water partition coefficient (Wildman–Crippen LogP) is 3.44. The summed E-state index contributed by atoms with van der Waals surface area (Å²) < 4.78 is 1.38. The summed E-state index contributed by atoms with van der Waals surface area (Å²) >= 11 is 0. The molecule has 0 bridgehead atoms. The van der Waals surface area contributed by atoms with Gasteiger partial charge in [0.1, 0.15) is 0 Å². The standard InChI is InChI=1S/C12H28N.Ru/c1-5-9-13(10-6-2,11-7-3)12-8-4;/h5-12H2,1-4H3;/q+1;+3. The van der Waals surface area contributed by atoms with Crippen LogP contribution in [0.25, 0.3) is 0 Å². The van der Waals surface area contributed by atoms with E-state index in [0.29, 0.717) is 0 Å². The molecule has 0 spiro atoms. The van der Waals surface area contributed by atoms with E-state index in [-0.39, 0.29) is 19.5 Å². The largest absolute Gasteiger partial charge is 3.00 e. The van der Waals surface area contributed by atoms with E-state index in [9.17, 15) is 0 Å². The first kappa shape index (κ1) is 17.0. The van der Waals surface area contributed by atoms with Crippen molar-refractivity contribution in [1.82, 2.24) is 0 Å². The molecular formula is C12H28NRu+4. The summed E-state index contributed by atoms with van der Waals surface area (Å²) in [5, 5.41) is 0. The van der Waals surface area contributed by atoms with Crippen molar-refractivity contribution >= 4 is 0 Å². The van der Waals surface area contributed by atoms with Crippen molar-refractivity contribution in [2.45, 2.75) is 53.4 Å². The van der Waals surface area contributed by atoms with Gasteiger partial charge in [-0.2, -0.15) is 0 Å². The number of hydrogen-bond donors (Lipinski definition) is 0. The summed E-state index contributed by atoms with van der Waals surface area (Å²) in [6.07, 6.45) is 5.33. The Kier molecular flexibility index (Phi) is 12.3. The third-order valence-corrected chi connectivity index (χ3v) is 2.79. The summed E-state index contributed by atoms with van der Waals surface area (Å²) in [6.45, 7) is 14.8. The fraction of sp³-hybridized carbons (Fsp3) is 1.00. The number of quaternary nitrogens is 1. The van der Waals surface area contributed by atoms with Gasteiger partial charge in [-0.15, -0.1) is 0 Å². The first-order valence-corrected chi connectivity index (χ1v) is 6.09. The monoisotopic (exact) mass is 288 g/mol. The second-order valence-electron chi connectivity index (χ2n) is 4.24. The summed E-state index contributed by atoms with van der Waals surface area (Å²) in [7, 11) is 0. The predicted molar refractivity (Wildman–Crippen MR) is 60.9 cm³/mol. The number of rotatable bonds is 8. The zero-order chi connectivity index (χ0) is 10.2. The minimum Gasteiger partial charge on any atom is -0.324 e. The molecular weight excluding hydrogens is 259 g/mol. The van der Waals surface area contributed by atoms with Crippen molar-refractivity contribution in [1.29, 1.82) is 0 Å².